The molecular weight excluding hydrogens is 208 g/mol. The van der Waals surface area contributed by atoms with Crippen LogP contribution in [0.5, 0.6) is 0 Å². The van der Waals surface area contributed by atoms with E-state index in [1.807, 2.05) is 0 Å². The van der Waals surface area contributed by atoms with Crippen LogP contribution in [0.15, 0.2) is 24.3 Å². The normalized spacial score (nSPS) is 25.4. The maximum atomic E-state index is 3.63. The predicted molar refractivity (Wildman–Crippen MR) is 71.0 cm³/mol. The van der Waals surface area contributed by atoms with Gasteiger partial charge in [0.05, 0.1) is 0 Å². The maximum absolute atomic E-state index is 3.63. The van der Waals surface area contributed by atoms with Crippen molar-refractivity contribution >= 4 is 0 Å². The van der Waals surface area contributed by atoms with Crippen LogP contribution in [0.3, 0.4) is 0 Å². The highest BCUT2D eigenvalue weighted by atomic mass is 15.0. The molecule has 2 heteroatoms. The van der Waals surface area contributed by atoms with Crippen molar-refractivity contribution < 1.29 is 0 Å². The standard InChI is InChI=1S/C15H22N2/c1-15(6-7-15)11-16-10-14-8-12-4-2-3-5-13(12)9-17-14/h2-5,14,16-17H,6-11H2,1H3. The number of hydrogen-bond acceptors (Lipinski definition) is 2. The summed E-state index contributed by atoms with van der Waals surface area (Å²) in [6.45, 7) is 5.69. The Labute approximate surface area is 104 Å². The first-order valence-corrected chi connectivity index (χ1v) is 6.76. The topological polar surface area (TPSA) is 24.1 Å². The minimum absolute atomic E-state index is 0.604. The molecule has 0 bridgehead atoms. The summed E-state index contributed by atoms with van der Waals surface area (Å²) < 4.78 is 0. The van der Waals surface area contributed by atoms with E-state index in [4.69, 9.17) is 0 Å². The summed E-state index contributed by atoms with van der Waals surface area (Å²) in [4.78, 5) is 0. The van der Waals surface area contributed by atoms with Crippen LogP contribution in [0.4, 0.5) is 0 Å². The average Bonchev–Trinajstić information content (AvgIpc) is 3.07. The van der Waals surface area contributed by atoms with E-state index in [1.165, 1.54) is 36.9 Å². The summed E-state index contributed by atoms with van der Waals surface area (Å²) in [6.07, 6.45) is 3.97. The number of rotatable bonds is 4. The fourth-order valence-electron chi connectivity index (χ4n) is 2.60. The molecule has 2 aliphatic rings. The van der Waals surface area contributed by atoms with Gasteiger partial charge in [-0.15, -0.1) is 0 Å². The molecule has 1 heterocycles. The summed E-state index contributed by atoms with van der Waals surface area (Å²) in [7, 11) is 0. The lowest BCUT2D eigenvalue weighted by atomic mass is 9.96. The quantitative estimate of drug-likeness (QED) is 0.827. The van der Waals surface area contributed by atoms with Gasteiger partial charge in [0, 0.05) is 25.7 Å². The molecule has 3 rings (SSSR count). The smallest absolute Gasteiger partial charge is 0.0236 e. The van der Waals surface area contributed by atoms with Crippen molar-refractivity contribution in [2.24, 2.45) is 5.41 Å². The molecule has 0 amide bonds. The highest BCUT2D eigenvalue weighted by Crippen LogP contribution is 2.43. The third kappa shape index (κ3) is 2.70. The second-order valence-electron chi connectivity index (χ2n) is 5.99. The molecule has 1 aromatic rings. The van der Waals surface area contributed by atoms with Gasteiger partial charge in [-0.05, 0) is 35.8 Å². The van der Waals surface area contributed by atoms with Crippen molar-refractivity contribution in [3.63, 3.8) is 0 Å². The van der Waals surface area contributed by atoms with Gasteiger partial charge in [-0.3, -0.25) is 0 Å². The predicted octanol–water partition coefficient (Wildman–Crippen LogP) is 2.09. The van der Waals surface area contributed by atoms with Crippen LogP contribution in [0.2, 0.25) is 0 Å². The van der Waals surface area contributed by atoms with Gasteiger partial charge in [-0.2, -0.15) is 0 Å². The molecule has 0 aromatic heterocycles. The highest BCUT2D eigenvalue weighted by molar-refractivity contribution is 5.29. The van der Waals surface area contributed by atoms with Crippen LogP contribution in [0.1, 0.15) is 30.9 Å². The Balaban J connectivity index is 1.50. The molecule has 1 aliphatic heterocycles. The Hall–Kier alpha value is -0.860. The molecule has 1 atom stereocenters. The first-order valence-electron chi connectivity index (χ1n) is 6.76. The minimum atomic E-state index is 0.604. The zero-order valence-electron chi connectivity index (χ0n) is 10.6. The van der Waals surface area contributed by atoms with Gasteiger partial charge in [0.2, 0.25) is 0 Å². The van der Waals surface area contributed by atoms with Crippen molar-refractivity contribution in [3.05, 3.63) is 35.4 Å². The van der Waals surface area contributed by atoms with Crippen molar-refractivity contribution in [1.82, 2.24) is 10.6 Å². The van der Waals surface area contributed by atoms with E-state index in [0.29, 0.717) is 11.5 Å². The maximum Gasteiger partial charge on any atom is 0.0236 e. The van der Waals surface area contributed by atoms with Crippen LogP contribution in [-0.4, -0.2) is 19.1 Å². The zero-order chi connectivity index (χ0) is 11.7. The molecular formula is C15H22N2. The first kappa shape index (κ1) is 11.2. The van der Waals surface area contributed by atoms with Crippen molar-refractivity contribution in [2.75, 3.05) is 13.1 Å². The number of hydrogen-bond donors (Lipinski definition) is 2. The van der Waals surface area contributed by atoms with E-state index in [-0.39, 0.29) is 0 Å². The molecule has 2 N–H and O–H groups in total. The van der Waals surface area contributed by atoms with Gasteiger partial charge in [-0.1, -0.05) is 31.2 Å². The van der Waals surface area contributed by atoms with E-state index in [9.17, 15) is 0 Å². The monoisotopic (exact) mass is 230 g/mol. The van der Waals surface area contributed by atoms with E-state index in [1.54, 1.807) is 0 Å². The summed E-state index contributed by atoms with van der Waals surface area (Å²) in [5.41, 5.74) is 3.61. The van der Waals surface area contributed by atoms with Gasteiger partial charge in [0.1, 0.15) is 0 Å². The van der Waals surface area contributed by atoms with Crippen molar-refractivity contribution in [1.29, 1.82) is 0 Å². The van der Waals surface area contributed by atoms with Gasteiger partial charge < -0.3 is 10.6 Å². The first-order chi connectivity index (χ1) is 8.25. The summed E-state index contributed by atoms with van der Waals surface area (Å²) in [6, 6.07) is 9.39. The van der Waals surface area contributed by atoms with Gasteiger partial charge in [0.25, 0.3) is 0 Å². The highest BCUT2D eigenvalue weighted by Gasteiger charge is 2.36. The third-order valence-corrected chi connectivity index (χ3v) is 4.21. The SMILES string of the molecule is CC1(CNCC2Cc3ccccc3CN2)CC1. The van der Waals surface area contributed by atoms with E-state index >= 15 is 0 Å². The van der Waals surface area contributed by atoms with Gasteiger partial charge in [-0.25, -0.2) is 0 Å². The lowest BCUT2D eigenvalue weighted by Gasteiger charge is -2.27. The molecule has 1 aliphatic carbocycles. The molecule has 2 nitrogen and oxygen atoms in total. The lowest BCUT2D eigenvalue weighted by Crippen LogP contribution is -2.43. The number of fused-ring (bicyclic) bond motifs is 1. The minimum Gasteiger partial charge on any atom is -0.315 e. The van der Waals surface area contributed by atoms with Crippen LogP contribution in [-0.2, 0) is 13.0 Å². The second kappa shape index (κ2) is 4.43. The summed E-state index contributed by atoms with van der Waals surface area (Å²) >= 11 is 0. The summed E-state index contributed by atoms with van der Waals surface area (Å²) in [5.74, 6) is 0. The van der Waals surface area contributed by atoms with Gasteiger partial charge in [0.15, 0.2) is 0 Å². The Morgan fingerprint density at radius 1 is 1.29 bits per heavy atom. The summed E-state index contributed by atoms with van der Waals surface area (Å²) in [5, 5.41) is 7.25. The van der Waals surface area contributed by atoms with E-state index in [2.05, 4.69) is 41.8 Å². The molecule has 1 fully saturated rings. The van der Waals surface area contributed by atoms with Gasteiger partial charge >= 0.3 is 0 Å². The van der Waals surface area contributed by atoms with Crippen LogP contribution in [0, 0.1) is 5.41 Å². The molecule has 0 spiro atoms. The molecule has 1 unspecified atom stereocenters. The van der Waals surface area contributed by atoms with Crippen LogP contribution < -0.4 is 10.6 Å². The fraction of sp³-hybridized carbons (Fsp3) is 0.600. The largest absolute Gasteiger partial charge is 0.315 e. The number of benzene rings is 1. The molecule has 17 heavy (non-hydrogen) atoms. The lowest BCUT2D eigenvalue weighted by molar-refractivity contribution is 0.417. The molecule has 92 valence electrons. The van der Waals surface area contributed by atoms with Crippen LogP contribution in [0.25, 0.3) is 0 Å². The Morgan fingerprint density at radius 2 is 2.06 bits per heavy atom. The van der Waals surface area contributed by atoms with E-state index in [0.717, 1.165) is 13.1 Å². The Kier molecular flexibility index (Phi) is 2.93. The second-order valence-corrected chi connectivity index (χ2v) is 5.99. The van der Waals surface area contributed by atoms with Crippen LogP contribution >= 0.6 is 0 Å². The Morgan fingerprint density at radius 3 is 2.82 bits per heavy atom. The van der Waals surface area contributed by atoms with E-state index < -0.39 is 0 Å². The van der Waals surface area contributed by atoms with Crippen molar-refractivity contribution in [2.45, 2.75) is 38.8 Å². The fourth-order valence-corrected chi connectivity index (χ4v) is 2.60. The molecule has 1 aromatic carbocycles. The average molecular weight is 230 g/mol. The molecule has 0 radical (unpaired) electrons. The molecule has 0 saturated heterocycles. The Bertz CT molecular complexity index is 396. The zero-order valence-corrected chi connectivity index (χ0v) is 10.6. The molecule has 1 saturated carbocycles. The third-order valence-electron chi connectivity index (χ3n) is 4.21. The number of nitrogens with one attached hydrogen (secondary N) is 2. The van der Waals surface area contributed by atoms with Crippen molar-refractivity contribution in [3.8, 4) is 0 Å².